The molecular formula is C18H25ClN4O. The predicted octanol–water partition coefficient (Wildman–Crippen LogP) is 2.85. The minimum Gasteiger partial charge on any atom is -0.349 e. The Hall–Kier alpha value is -1.85. The van der Waals surface area contributed by atoms with Gasteiger partial charge in [-0.25, -0.2) is 4.68 Å². The molecule has 0 saturated heterocycles. The third-order valence-electron chi connectivity index (χ3n) is 4.82. The number of halogens is 1. The number of nitrogens with zero attached hydrogens (tertiary/aromatic N) is 2. The Kier molecular flexibility index (Phi) is 6.40. The summed E-state index contributed by atoms with van der Waals surface area (Å²) in [4.78, 5) is 12.5. The van der Waals surface area contributed by atoms with Gasteiger partial charge in [-0.3, -0.25) is 4.79 Å². The molecule has 0 radical (unpaired) electrons. The minimum absolute atomic E-state index is 0. The van der Waals surface area contributed by atoms with Crippen molar-refractivity contribution in [1.29, 1.82) is 0 Å². The first-order valence-corrected chi connectivity index (χ1v) is 8.29. The molecule has 1 unspecified atom stereocenters. The summed E-state index contributed by atoms with van der Waals surface area (Å²) in [6.07, 6.45) is 6.80. The molecule has 1 aromatic carbocycles. The van der Waals surface area contributed by atoms with Gasteiger partial charge in [0.2, 0.25) is 5.91 Å². The summed E-state index contributed by atoms with van der Waals surface area (Å²) >= 11 is 0. The molecule has 0 spiro atoms. The molecule has 24 heavy (non-hydrogen) atoms. The Morgan fingerprint density at radius 1 is 1.38 bits per heavy atom. The molecule has 0 aliphatic heterocycles. The first-order chi connectivity index (χ1) is 11.2. The molecule has 2 aromatic rings. The summed E-state index contributed by atoms with van der Waals surface area (Å²) < 4.78 is 1.82. The molecule has 1 heterocycles. The second-order valence-electron chi connectivity index (χ2n) is 6.31. The standard InChI is InChI=1S/C18H24N4O.ClH/c1-13(21-18(23)17-5-2-4-15(17)12-19)14-6-8-16(9-7-14)22-11-3-10-20-22;/h3,6-11,13,15,17H,2,4-5,12,19H2,1H3,(H,21,23);1H/t13?,15-,17-;/m1./s1. The highest BCUT2D eigenvalue weighted by molar-refractivity contribution is 5.85. The lowest BCUT2D eigenvalue weighted by Crippen LogP contribution is -2.36. The van der Waals surface area contributed by atoms with Gasteiger partial charge in [0.05, 0.1) is 11.7 Å². The van der Waals surface area contributed by atoms with Gasteiger partial charge in [0, 0.05) is 18.3 Å². The third-order valence-corrected chi connectivity index (χ3v) is 4.82. The largest absolute Gasteiger partial charge is 0.349 e. The van der Waals surface area contributed by atoms with Crippen LogP contribution in [0.4, 0.5) is 0 Å². The van der Waals surface area contributed by atoms with Crippen molar-refractivity contribution in [2.45, 2.75) is 32.2 Å². The van der Waals surface area contributed by atoms with E-state index in [2.05, 4.69) is 10.4 Å². The van der Waals surface area contributed by atoms with E-state index in [1.54, 1.807) is 6.20 Å². The van der Waals surface area contributed by atoms with Gasteiger partial charge in [0.15, 0.2) is 0 Å². The van der Waals surface area contributed by atoms with Crippen molar-refractivity contribution in [2.75, 3.05) is 6.54 Å². The Bertz CT molecular complexity index is 642. The minimum atomic E-state index is -0.00630. The summed E-state index contributed by atoms with van der Waals surface area (Å²) in [6, 6.07) is 10.0. The lowest BCUT2D eigenvalue weighted by atomic mass is 9.94. The second kappa shape index (κ2) is 8.31. The summed E-state index contributed by atoms with van der Waals surface area (Å²) in [5, 5.41) is 7.35. The van der Waals surface area contributed by atoms with Crippen LogP contribution >= 0.6 is 12.4 Å². The van der Waals surface area contributed by atoms with Crippen LogP contribution < -0.4 is 11.1 Å². The molecule has 1 aromatic heterocycles. The van der Waals surface area contributed by atoms with Crippen molar-refractivity contribution in [1.82, 2.24) is 15.1 Å². The highest BCUT2D eigenvalue weighted by Gasteiger charge is 2.32. The van der Waals surface area contributed by atoms with Gasteiger partial charge in [-0.2, -0.15) is 5.10 Å². The van der Waals surface area contributed by atoms with Crippen LogP contribution in [0, 0.1) is 11.8 Å². The molecule has 5 nitrogen and oxygen atoms in total. The van der Waals surface area contributed by atoms with E-state index in [1.165, 1.54) is 0 Å². The fraction of sp³-hybridized carbons (Fsp3) is 0.444. The fourth-order valence-electron chi connectivity index (χ4n) is 3.41. The zero-order chi connectivity index (χ0) is 16.2. The first-order valence-electron chi connectivity index (χ1n) is 8.29. The smallest absolute Gasteiger partial charge is 0.223 e. The molecule has 0 bridgehead atoms. The van der Waals surface area contributed by atoms with Crippen LogP contribution in [-0.4, -0.2) is 22.2 Å². The van der Waals surface area contributed by atoms with E-state index < -0.39 is 0 Å². The molecular weight excluding hydrogens is 324 g/mol. The number of nitrogens with one attached hydrogen (secondary N) is 1. The third kappa shape index (κ3) is 3.97. The van der Waals surface area contributed by atoms with Gasteiger partial charge < -0.3 is 11.1 Å². The zero-order valence-corrected chi connectivity index (χ0v) is 14.7. The van der Waals surface area contributed by atoms with E-state index in [4.69, 9.17) is 5.73 Å². The van der Waals surface area contributed by atoms with Gasteiger partial charge in [0.1, 0.15) is 0 Å². The quantitative estimate of drug-likeness (QED) is 0.872. The number of hydrogen-bond acceptors (Lipinski definition) is 3. The molecule has 130 valence electrons. The molecule has 1 amide bonds. The van der Waals surface area contributed by atoms with Crippen LogP contribution in [-0.2, 0) is 4.79 Å². The maximum absolute atomic E-state index is 12.5. The highest BCUT2D eigenvalue weighted by Crippen LogP contribution is 2.31. The second-order valence-corrected chi connectivity index (χ2v) is 6.31. The number of benzene rings is 1. The molecule has 6 heteroatoms. The average Bonchev–Trinajstić information content (AvgIpc) is 3.26. The maximum atomic E-state index is 12.5. The number of rotatable bonds is 5. The van der Waals surface area contributed by atoms with Crippen LogP contribution in [0.1, 0.15) is 37.8 Å². The Morgan fingerprint density at radius 3 is 2.75 bits per heavy atom. The number of amides is 1. The summed E-state index contributed by atoms with van der Waals surface area (Å²) in [5.41, 5.74) is 7.88. The Morgan fingerprint density at radius 2 is 2.12 bits per heavy atom. The van der Waals surface area contributed by atoms with E-state index in [0.29, 0.717) is 12.5 Å². The van der Waals surface area contributed by atoms with Gasteiger partial charge in [-0.15, -0.1) is 12.4 Å². The monoisotopic (exact) mass is 348 g/mol. The lowest BCUT2D eigenvalue weighted by Gasteiger charge is -2.21. The van der Waals surface area contributed by atoms with E-state index in [-0.39, 0.29) is 30.3 Å². The van der Waals surface area contributed by atoms with Crippen molar-refractivity contribution >= 4 is 18.3 Å². The number of hydrogen-bond donors (Lipinski definition) is 2. The predicted molar refractivity (Wildman–Crippen MR) is 97.3 cm³/mol. The number of carbonyl (C=O) groups is 1. The maximum Gasteiger partial charge on any atom is 0.223 e. The Labute approximate surface area is 149 Å². The zero-order valence-electron chi connectivity index (χ0n) is 13.9. The van der Waals surface area contributed by atoms with Crippen molar-refractivity contribution in [3.63, 3.8) is 0 Å². The van der Waals surface area contributed by atoms with E-state index in [1.807, 2.05) is 48.1 Å². The van der Waals surface area contributed by atoms with E-state index >= 15 is 0 Å². The van der Waals surface area contributed by atoms with Crippen LogP contribution in [0.2, 0.25) is 0 Å². The van der Waals surface area contributed by atoms with Crippen LogP contribution in [0.5, 0.6) is 0 Å². The molecule has 1 saturated carbocycles. The first kappa shape index (κ1) is 18.5. The molecule has 1 aliphatic carbocycles. The van der Waals surface area contributed by atoms with Crippen molar-refractivity contribution < 1.29 is 4.79 Å². The lowest BCUT2D eigenvalue weighted by molar-refractivity contribution is -0.126. The molecule has 3 N–H and O–H groups in total. The van der Waals surface area contributed by atoms with Gasteiger partial charge in [0.25, 0.3) is 0 Å². The van der Waals surface area contributed by atoms with Crippen LogP contribution in [0.25, 0.3) is 5.69 Å². The summed E-state index contributed by atoms with van der Waals surface area (Å²) in [7, 11) is 0. The van der Waals surface area contributed by atoms with E-state index in [9.17, 15) is 4.79 Å². The van der Waals surface area contributed by atoms with Crippen molar-refractivity contribution in [3.05, 3.63) is 48.3 Å². The average molecular weight is 349 g/mol. The van der Waals surface area contributed by atoms with Gasteiger partial charge in [-0.1, -0.05) is 18.6 Å². The number of aromatic nitrogens is 2. The summed E-state index contributed by atoms with van der Waals surface area (Å²) in [6.45, 7) is 2.62. The fourth-order valence-corrected chi connectivity index (χ4v) is 3.41. The van der Waals surface area contributed by atoms with Gasteiger partial charge >= 0.3 is 0 Å². The number of carbonyl (C=O) groups excluding carboxylic acids is 1. The molecule has 3 rings (SSSR count). The molecule has 1 fully saturated rings. The topological polar surface area (TPSA) is 72.9 Å². The number of nitrogens with two attached hydrogens (primary N) is 1. The Balaban J connectivity index is 0.00000208. The van der Waals surface area contributed by atoms with Crippen LogP contribution in [0.3, 0.4) is 0 Å². The van der Waals surface area contributed by atoms with Crippen molar-refractivity contribution in [3.8, 4) is 5.69 Å². The van der Waals surface area contributed by atoms with Gasteiger partial charge in [-0.05, 0) is 56.0 Å². The highest BCUT2D eigenvalue weighted by atomic mass is 35.5. The SMILES string of the molecule is CC(NC(=O)[C@@H]1CCC[C@@H]1CN)c1ccc(-n2cccn2)cc1.Cl. The van der Waals surface area contributed by atoms with Crippen LogP contribution in [0.15, 0.2) is 42.7 Å². The molecule has 3 atom stereocenters. The van der Waals surface area contributed by atoms with E-state index in [0.717, 1.165) is 30.5 Å². The molecule has 1 aliphatic rings. The normalized spacial score (nSPS) is 21.1. The van der Waals surface area contributed by atoms with Crippen molar-refractivity contribution in [2.24, 2.45) is 17.6 Å². The summed E-state index contributed by atoms with van der Waals surface area (Å²) in [5.74, 6) is 0.553.